The number of hydrogen-bond acceptors (Lipinski definition) is 2. The van der Waals surface area contributed by atoms with Crippen molar-refractivity contribution in [2.45, 2.75) is 6.42 Å². The molecule has 0 amide bonds. The maximum Gasteiger partial charge on any atom is 0.187 e. The second-order valence-electron chi connectivity index (χ2n) is 4.94. The molecule has 2 aromatic carbocycles. The van der Waals surface area contributed by atoms with Gasteiger partial charge in [0, 0.05) is 17.6 Å². The van der Waals surface area contributed by atoms with E-state index in [1.165, 1.54) is 12.2 Å². The number of hydrogen-bond donors (Lipinski definition) is 0. The molecule has 1 aliphatic rings. The summed E-state index contributed by atoms with van der Waals surface area (Å²) in [5.74, 6) is -0.191. The Morgan fingerprint density at radius 3 is 1.90 bits per heavy atom. The highest BCUT2D eigenvalue weighted by Gasteiger charge is 2.23. The lowest BCUT2D eigenvalue weighted by Gasteiger charge is -2.15. The third kappa shape index (κ3) is 2.75. The zero-order valence-electron chi connectivity index (χ0n) is 11.5. The van der Waals surface area contributed by atoms with Crippen LogP contribution >= 0.6 is 0 Å². The molecule has 0 N–H and O–H groups in total. The highest BCUT2D eigenvalue weighted by atomic mass is 16.1. The Kier molecular flexibility index (Phi) is 3.61. The van der Waals surface area contributed by atoms with Crippen LogP contribution in [0.1, 0.15) is 11.1 Å². The van der Waals surface area contributed by atoms with Crippen molar-refractivity contribution in [3.63, 3.8) is 0 Å². The molecule has 2 heteroatoms. The van der Waals surface area contributed by atoms with Gasteiger partial charge in [-0.25, -0.2) is 0 Å². The van der Waals surface area contributed by atoms with Crippen LogP contribution in [0, 0.1) is 0 Å². The monoisotopic (exact) mass is 274 g/mol. The van der Waals surface area contributed by atoms with Gasteiger partial charge in [-0.15, -0.1) is 0 Å². The largest absolute Gasteiger partial charge is 0.290 e. The van der Waals surface area contributed by atoms with Gasteiger partial charge in [-0.1, -0.05) is 60.7 Å². The van der Waals surface area contributed by atoms with Gasteiger partial charge in [0.15, 0.2) is 11.6 Å². The predicted molar refractivity (Wildman–Crippen MR) is 82.7 cm³/mol. The highest BCUT2D eigenvalue weighted by Crippen LogP contribution is 2.27. The Morgan fingerprint density at radius 2 is 1.24 bits per heavy atom. The van der Waals surface area contributed by atoms with Gasteiger partial charge >= 0.3 is 0 Å². The third-order valence-electron chi connectivity index (χ3n) is 3.52. The smallest absolute Gasteiger partial charge is 0.187 e. The molecule has 0 saturated carbocycles. The van der Waals surface area contributed by atoms with E-state index >= 15 is 0 Å². The Labute approximate surface area is 123 Å². The van der Waals surface area contributed by atoms with E-state index < -0.39 is 0 Å². The summed E-state index contributed by atoms with van der Waals surface area (Å²) < 4.78 is 0. The van der Waals surface area contributed by atoms with E-state index in [-0.39, 0.29) is 11.6 Å². The fourth-order valence-electron chi connectivity index (χ4n) is 2.50. The molecule has 102 valence electrons. The Morgan fingerprint density at radius 1 is 0.667 bits per heavy atom. The first-order valence-electron chi connectivity index (χ1n) is 6.85. The van der Waals surface area contributed by atoms with Crippen molar-refractivity contribution in [1.29, 1.82) is 0 Å². The van der Waals surface area contributed by atoms with Gasteiger partial charge in [0.05, 0.1) is 0 Å². The molecule has 0 aromatic heterocycles. The number of carbonyl (C=O) groups is 2. The van der Waals surface area contributed by atoms with E-state index in [2.05, 4.69) is 0 Å². The first-order valence-corrected chi connectivity index (χ1v) is 6.85. The zero-order chi connectivity index (χ0) is 14.7. The maximum absolute atomic E-state index is 12.2. The number of benzene rings is 2. The molecule has 0 bridgehead atoms. The van der Waals surface area contributed by atoms with Gasteiger partial charge in [-0.2, -0.15) is 0 Å². The van der Waals surface area contributed by atoms with Gasteiger partial charge in [0.2, 0.25) is 0 Å². The molecular weight excluding hydrogens is 260 g/mol. The van der Waals surface area contributed by atoms with E-state index in [0.29, 0.717) is 17.6 Å². The normalized spacial score (nSPS) is 14.7. The molecule has 0 radical (unpaired) electrons. The second kappa shape index (κ2) is 5.71. The van der Waals surface area contributed by atoms with Crippen molar-refractivity contribution in [3.05, 3.63) is 89.5 Å². The summed E-state index contributed by atoms with van der Waals surface area (Å²) in [6, 6.07) is 19.1. The highest BCUT2D eigenvalue weighted by molar-refractivity contribution is 6.36. The van der Waals surface area contributed by atoms with Crippen LogP contribution in [-0.4, -0.2) is 11.6 Å². The molecule has 21 heavy (non-hydrogen) atoms. The summed E-state index contributed by atoms with van der Waals surface area (Å²) in [5.41, 5.74) is 2.91. The lowest BCUT2D eigenvalue weighted by molar-refractivity contribution is -0.114. The van der Waals surface area contributed by atoms with E-state index in [4.69, 9.17) is 0 Å². The molecule has 0 spiro atoms. The van der Waals surface area contributed by atoms with Crippen LogP contribution in [-0.2, 0) is 16.0 Å². The second-order valence-corrected chi connectivity index (χ2v) is 4.94. The van der Waals surface area contributed by atoms with Crippen LogP contribution in [0.3, 0.4) is 0 Å². The van der Waals surface area contributed by atoms with E-state index in [9.17, 15) is 9.59 Å². The van der Waals surface area contributed by atoms with Crippen LogP contribution in [0.25, 0.3) is 5.57 Å². The van der Waals surface area contributed by atoms with Crippen LogP contribution in [0.15, 0.2) is 78.4 Å². The SMILES string of the molecule is O=C1C=CC(=O)C(c2ccccc2)=C1Cc1ccccc1. The van der Waals surface area contributed by atoms with Gasteiger partial charge in [-0.05, 0) is 23.3 Å². The lowest BCUT2D eigenvalue weighted by Crippen LogP contribution is -2.15. The molecule has 0 unspecified atom stereocenters. The Bertz CT molecular complexity index is 738. The van der Waals surface area contributed by atoms with Crippen molar-refractivity contribution >= 4 is 17.1 Å². The molecule has 0 aliphatic heterocycles. The van der Waals surface area contributed by atoms with Gasteiger partial charge in [0.25, 0.3) is 0 Å². The van der Waals surface area contributed by atoms with Crippen molar-refractivity contribution in [2.24, 2.45) is 0 Å². The summed E-state index contributed by atoms with van der Waals surface area (Å²) in [7, 11) is 0. The number of ketones is 2. The fourth-order valence-corrected chi connectivity index (χ4v) is 2.50. The number of rotatable bonds is 3. The van der Waals surface area contributed by atoms with Crippen molar-refractivity contribution < 1.29 is 9.59 Å². The topological polar surface area (TPSA) is 34.1 Å². The summed E-state index contributed by atoms with van der Waals surface area (Å²) >= 11 is 0. The molecule has 3 rings (SSSR count). The summed E-state index contributed by atoms with van der Waals surface area (Å²) in [6.45, 7) is 0. The van der Waals surface area contributed by atoms with Gasteiger partial charge < -0.3 is 0 Å². The molecule has 0 atom stereocenters. The quantitative estimate of drug-likeness (QED) is 0.804. The first-order chi connectivity index (χ1) is 10.3. The molecule has 1 aliphatic carbocycles. The summed E-state index contributed by atoms with van der Waals surface area (Å²) in [4.78, 5) is 24.5. The Balaban J connectivity index is 2.09. The van der Waals surface area contributed by atoms with Crippen LogP contribution < -0.4 is 0 Å². The minimum Gasteiger partial charge on any atom is -0.290 e. The third-order valence-corrected chi connectivity index (χ3v) is 3.52. The molecule has 0 saturated heterocycles. The predicted octanol–water partition coefficient (Wildman–Crippen LogP) is 3.39. The Hall–Kier alpha value is -2.74. The fraction of sp³-hybridized carbons (Fsp3) is 0.0526. The number of carbonyl (C=O) groups excluding carboxylic acids is 2. The average molecular weight is 274 g/mol. The standard InChI is InChI=1S/C19H14O2/c20-17-11-12-18(21)19(15-9-5-2-6-10-15)16(17)13-14-7-3-1-4-8-14/h1-12H,13H2. The molecule has 0 heterocycles. The summed E-state index contributed by atoms with van der Waals surface area (Å²) in [6.07, 6.45) is 3.20. The minimum atomic E-state index is -0.105. The zero-order valence-corrected chi connectivity index (χ0v) is 11.5. The van der Waals surface area contributed by atoms with E-state index in [0.717, 1.165) is 11.1 Å². The van der Waals surface area contributed by atoms with Crippen molar-refractivity contribution in [1.82, 2.24) is 0 Å². The molecule has 2 aromatic rings. The maximum atomic E-state index is 12.2. The number of allylic oxidation sites excluding steroid dienone is 4. The van der Waals surface area contributed by atoms with E-state index in [1.807, 2.05) is 60.7 Å². The summed E-state index contributed by atoms with van der Waals surface area (Å²) in [5, 5.41) is 0. The molecular formula is C19H14O2. The van der Waals surface area contributed by atoms with Crippen LogP contribution in [0.2, 0.25) is 0 Å². The van der Waals surface area contributed by atoms with Crippen molar-refractivity contribution in [3.8, 4) is 0 Å². The first kappa shape index (κ1) is 13.3. The van der Waals surface area contributed by atoms with Gasteiger partial charge in [0.1, 0.15) is 0 Å². The lowest BCUT2D eigenvalue weighted by atomic mass is 9.86. The van der Waals surface area contributed by atoms with Gasteiger partial charge in [-0.3, -0.25) is 9.59 Å². The molecule has 0 fully saturated rings. The van der Waals surface area contributed by atoms with Crippen LogP contribution in [0.5, 0.6) is 0 Å². The van der Waals surface area contributed by atoms with Crippen molar-refractivity contribution in [2.75, 3.05) is 0 Å². The average Bonchev–Trinajstić information content (AvgIpc) is 2.53. The molecule has 2 nitrogen and oxygen atoms in total. The minimum absolute atomic E-state index is 0.0858. The van der Waals surface area contributed by atoms with E-state index in [1.54, 1.807) is 0 Å². The van der Waals surface area contributed by atoms with Crippen LogP contribution in [0.4, 0.5) is 0 Å².